The van der Waals surface area contributed by atoms with E-state index in [9.17, 15) is 4.79 Å². The van der Waals surface area contributed by atoms with Crippen LogP contribution in [0.2, 0.25) is 0 Å². The number of nitrogens with zero attached hydrogens (tertiary/aromatic N) is 1. The molecule has 1 aliphatic heterocycles. The zero-order valence-electron chi connectivity index (χ0n) is 13.2. The number of nitrogens with one attached hydrogen (secondary N) is 1. The van der Waals surface area contributed by atoms with Crippen molar-refractivity contribution in [3.63, 3.8) is 0 Å². The van der Waals surface area contributed by atoms with Crippen LogP contribution < -0.4 is 5.32 Å². The van der Waals surface area contributed by atoms with Crippen LogP contribution in [-0.4, -0.2) is 22.9 Å². The van der Waals surface area contributed by atoms with E-state index in [2.05, 4.69) is 45.1 Å². The van der Waals surface area contributed by atoms with Crippen LogP contribution in [0.3, 0.4) is 0 Å². The zero-order chi connectivity index (χ0) is 15.0. The van der Waals surface area contributed by atoms with Gasteiger partial charge in [-0.1, -0.05) is 58.0 Å². The summed E-state index contributed by atoms with van der Waals surface area (Å²) >= 11 is 0. The molecule has 0 aliphatic carbocycles. The number of carbonyl (C=O) groups excluding carboxylic acids is 1. The Bertz CT molecular complexity index is 478. The van der Waals surface area contributed by atoms with E-state index in [1.54, 1.807) is 0 Å². The number of benzene rings is 1. The first kappa shape index (κ1) is 15.0. The minimum atomic E-state index is -0.453. The molecular weight excluding hydrogens is 248 g/mol. The summed E-state index contributed by atoms with van der Waals surface area (Å²) < 4.78 is 0. The number of hydrogen-bond donors (Lipinski definition) is 1. The second-order valence-corrected chi connectivity index (χ2v) is 7.14. The molecule has 0 saturated carbocycles. The van der Waals surface area contributed by atoms with E-state index < -0.39 is 5.54 Å². The van der Waals surface area contributed by atoms with E-state index >= 15 is 0 Å². The lowest BCUT2D eigenvalue weighted by atomic mass is 9.94. The van der Waals surface area contributed by atoms with Gasteiger partial charge in [0.15, 0.2) is 0 Å². The molecule has 0 spiro atoms. The van der Waals surface area contributed by atoms with Crippen LogP contribution in [0.5, 0.6) is 0 Å². The number of carbonyl (C=O) groups is 1. The number of amides is 1. The predicted octanol–water partition coefficient (Wildman–Crippen LogP) is 3.33. The summed E-state index contributed by atoms with van der Waals surface area (Å²) in [4.78, 5) is 14.8. The quantitative estimate of drug-likeness (QED) is 0.917. The third-order valence-electron chi connectivity index (χ3n) is 3.97. The Balaban J connectivity index is 2.35. The highest BCUT2D eigenvalue weighted by Crippen LogP contribution is 2.34. The van der Waals surface area contributed by atoms with Gasteiger partial charge in [-0.3, -0.25) is 10.1 Å². The fourth-order valence-corrected chi connectivity index (χ4v) is 2.70. The number of hydrogen-bond acceptors (Lipinski definition) is 2. The molecule has 1 fully saturated rings. The van der Waals surface area contributed by atoms with E-state index in [0.717, 1.165) is 18.5 Å². The minimum Gasteiger partial charge on any atom is -0.321 e. The largest absolute Gasteiger partial charge is 0.321 e. The van der Waals surface area contributed by atoms with E-state index in [-0.39, 0.29) is 17.5 Å². The maximum absolute atomic E-state index is 12.8. The second kappa shape index (κ2) is 5.21. The molecule has 2 atom stereocenters. The van der Waals surface area contributed by atoms with Gasteiger partial charge in [-0.05, 0) is 24.3 Å². The molecule has 3 nitrogen and oxygen atoms in total. The van der Waals surface area contributed by atoms with Gasteiger partial charge < -0.3 is 4.90 Å². The first-order valence-electron chi connectivity index (χ1n) is 7.40. The van der Waals surface area contributed by atoms with E-state index in [4.69, 9.17) is 0 Å². The SMILES string of the molecule is CCC1(C)NC(c2ccccc2)N(CC(C)(C)C)C1=O. The lowest BCUT2D eigenvalue weighted by Gasteiger charge is -2.31. The summed E-state index contributed by atoms with van der Waals surface area (Å²) in [7, 11) is 0. The minimum absolute atomic E-state index is 0.0205. The van der Waals surface area contributed by atoms with E-state index in [1.807, 2.05) is 30.0 Å². The highest BCUT2D eigenvalue weighted by Gasteiger charge is 2.47. The third-order valence-corrected chi connectivity index (χ3v) is 3.97. The highest BCUT2D eigenvalue weighted by molar-refractivity contribution is 5.88. The standard InChI is InChI=1S/C17H26N2O/c1-6-17(5)15(20)19(12-16(2,3)4)14(18-17)13-10-8-7-9-11-13/h7-11,14,18H,6,12H2,1-5H3. The van der Waals surface area contributed by atoms with Gasteiger partial charge in [0, 0.05) is 6.54 Å². The van der Waals surface area contributed by atoms with Crippen LogP contribution in [0.25, 0.3) is 0 Å². The molecule has 0 bridgehead atoms. The molecule has 110 valence electrons. The van der Waals surface area contributed by atoms with Gasteiger partial charge in [0.05, 0.1) is 5.54 Å². The van der Waals surface area contributed by atoms with Gasteiger partial charge in [-0.25, -0.2) is 0 Å². The van der Waals surface area contributed by atoms with Crippen molar-refractivity contribution in [2.24, 2.45) is 5.41 Å². The first-order valence-corrected chi connectivity index (χ1v) is 7.40. The molecule has 1 saturated heterocycles. The molecule has 0 radical (unpaired) electrons. The Labute approximate surface area is 122 Å². The average Bonchev–Trinajstić information content (AvgIpc) is 2.64. The van der Waals surface area contributed by atoms with Crippen molar-refractivity contribution >= 4 is 5.91 Å². The van der Waals surface area contributed by atoms with Crippen molar-refractivity contribution in [2.45, 2.75) is 52.7 Å². The molecule has 20 heavy (non-hydrogen) atoms. The smallest absolute Gasteiger partial charge is 0.244 e. The molecule has 1 aromatic carbocycles. The molecule has 1 heterocycles. The van der Waals surface area contributed by atoms with E-state index in [1.165, 1.54) is 0 Å². The van der Waals surface area contributed by atoms with Gasteiger partial charge in [-0.2, -0.15) is 0 Å². The Morgan fingerprint density at radius 2 is 1.85 bits per heavy atom. The van der Waals surface area contributed by atoms with Gasteiger partial charge in [0.25, 0.3) is 0 Å². The van der Waals surface area contributed by atoms with Crippen LogP contribution in [0.15, 0.2) is 30.3 Å². The van der Waals surface area contributed by atoms with Gasteiger partial charge in [-0.15, -0.1) is 0 Å². The van der Waals surface area contributed by atoms with Crippen molar-refractivity contribution < 1.29 is 4.79 Å². The Morgan fingerprint density at radius 1 is 1.25 bits per heavy atom. The predicted molar refractivity (Wildman–Crippen MR) is 82.2 cm³/mol. The summed E-state index contributed by atoms with van der Waals surface area (Å²) in [5.74, 6) is 0.212. The van der Waals surface area contributed by atoms with Crippen LogP contribution in [-0.2, 0) is 4.79 Å². The van der Waals surface area contributed by atoms with Crippen LogP contribution in [0.1, 0.15) is 52.8 Å². The summed E-state index contributed by atoms with van der Waals surface area (Å²) in [5.41, 5.74) is 0.789. The first-order chi connectivity index (χ1) is 9.27. The zero-order valence-corrected chi connectivity index (χ0v) is 13.2. The van der Waals surface area contributed by atoms with Crippen molar-refractivity contribution in [3.8, 4) is 0 Å². The highest BCUT2D eigenvalue weighted by atomic mass is 16.2. The van der Waals surface area contributed by atoms with Gasteiger partial charge in [0.1, 0.15) is 6.17 Å². The average molecular weight is 274 g/mol. The van der Waals surface area contributed by atoms with Gasteiger partial charge >= 0.3 is 0 Å². The molecule has 1 N–H and O–H groups in total. The third kappa shape index (κ3) is 2.88. The van der Waals surface area contributed by atoms with Crippen LogP contribution in [0.4, 0.5) is 0 Å². The summed E-state index contributed by atoms with van der Waals surface area (Å²) in [6.45, 7) is 11.3. The molecule has 1 aromatic rings. The Hall–Kier alpha value is -1.35. The van der Waals surface area contributed by atoms with Crippen molar-refractivity contribution in [2.75, 3.05) is 6.54 Å². The van der Waals surface area contributed by atoms with Crippen molar-refractivity contribution in [1.82, 2.24) is 10.2 Å². The molecule has 3 heteroatoms. The monoisotopic (exact) mass is 274 g/mol. The summed E-state index contributed by atoms with van der Waals surface area (Å²) in [5, 5.41) is 3.53. The van der Waals surface area contributed by atoms with Crippen molar-refractivity contribution in [1.29, 1.82) is 0 Å². The normalized spacial score (nSPS) is 27.1. The van der Waals surface area contributed by atoms with Crippen LogP contribution in [0, 0.1) is 5.41 Å². The molecular formula is C17H26N2O. The summed E-state index contributed by atoms with van der Waals surface area (Å²) in [6.07, 6.45) is 0.781. The second-order valence-electron chi connectivity index (χ2n) is 7.14. The fraction of sp³-hybridized carbons (Fsp3) is 0.588. The Kier molecular flexibility index (Phi) is 3.92. The van der Waals surface area contributed by atoms with Crippen molar-refractivity contribution in [3.05, 3.63) is 35.9 Å². The summed E-state index contributed by atoms with van der Waals surface area (Å²) in [6, 6.07) is 10.2. The topological polar surface area (TPSA) is 32.3 Å². The Morgan fingerprint density at radius 3 is 2.35 bits per heavy atom. The molecule has 2 unspecified atom stereocenters. The lowest BCUT2D eigenvalue weighted by molar-refractivity contribution is -0.134. The molecule has 1 aliphatic rings. The van der Waals surface area contributed by atoms with Gasteiger partial charge in [0.2, 0.25) is 5.91 Å². The van der Waals surface area contributed by atoms with Crippen LogP contribution >= 0.6 is 0 Å². The fourth-order valence-electron chi connectivity index (χ4n) is 2.70. The molecule has 0 aromatic heterocycles. The van der Waals surface area contributed by atoms with E-state index in [0.29, 0.717) is 0 Å². The molecule has 1 amide bonds. The number of rotatable bonds is 3. The molecule has 2 rings (SSSR count). The maximum Gasteiger partial charge on any atom is 0.244 e. The maximum atomic E-state index is 12.8. The lowest BCUT2D eigenvalue weighted by Crippen LogP contribution is -2.43.